The molecule has 1 N–H and O–H groups in total. The molecule has 0 fully saturated rings. The Balaban J connectivity index is 2.13. The fraction of sp³-hybridized carbons (Fsp3) is 0.429. The molecule has 1 aromatic rings. The Hall–Kier alpha value is -1.26. The molecule has 0 spiro atoms. The summed E-state index contributed by atoms with van der Waals surface area (Å²) in [4.78, 5) is 0. The molecule has 0 atom stereocenters. The predicted molar refractivity (Wildman–Crippen MR) is 65.6 cm³/mol. The number of benzene rings is 1. The van der Waals surface area contributed by atoms with Crippen molar-refractivity contribution >= 4 is 0 Å². The first kappa shape index (κ1) is 11.8. The number of nitrogens with one attached hydrogen (secondary N) is 1. The van der Waals surface area contributed by atoms with Crippen molar-refractivity contribution in [2.45, 2.75) is 32.7 Å². The van der Waals surface area contributed by atoms with Crippen LogP contribution in [0.15, 0.2) is 24.3 Å². The second kappa shape index (κ2) is 7.09. The van der Waals surface area contributed by atoms with Crippen LogP contribution in [0.5, 0.6) is 0 Å². The van der Waals surface area contributed by atoms with E-state index in [0.29, 0.717) is 0 Å². The van der Waals surface area contributed by atoms with E-state index < -0.39 is 0 Å². The van der Waals surface area contributed by atoms with Crippen LogP contribution in [0.4, 0.5) is 0 Å². The fourth-order valence-electron chi connectivity index (χ4n) is 1.53. The molecule has 0 aliphatic carbocycles. The van der Waals surface area contributed by atoms with Gasteiger partial charge < -0.3 is 5.32 Å². The Morgan fingerprint density at radius 2 is 2.20 bits per heavy atom. The Morgan fingerprint density at radius 1 is 1.33 bits per heavy atom. The third kappa shape index (κ3) is 5.24. The van der Waals surface area contributed by atoms with Gasteiger partial charge in [-0.3, -0.25) is 0 Å². The Labute approximate surface area is 92.9 Å². The molecule has 80 valence electrons. The zero-order chi connectivity index (χ0) is 10.9. The maximum Gasteiger partial charge on any atom is 0.0205 e. The van der Waals surface area contributed by atoms with Crippen molar-refractivity contribution < 1.29 is 0 Å². The standard InChI is InChI=1S/C14H19N/c1-3-4-5-6-10-15-12-14-9-7-8-13(2)11-14/h1,7-9,11,15H,4-6,10,12H2,2H3. The summed E-state index contributed by atoms with van der Waals surface area (Å²) in [7, 11) is 0. The SMILES string of the molecule is C#CCCCCNCc1cccc(C)c1. The Morgan fingerprint density at radius 3 is 2.93 bits per heavy atom. The molecule has 0 aromatic heterocycles. The van der Waals surface area contributed by atoms with E-state index in [9.17, 15) is 0 Å². The largest absolute Gasteiger partial charge is 0.313 e. The number of unbranched alkanes of at least 4 members (excludes halogenated alkanes) is 2. The molecule has 1 nitrogen and oxygen atoms in total. The van der Waals surface area contributed by atoms with Crippen LogP contribution in [-0.4, -0.2) is 6.54 Å². The Bertz CT molecular complexity index is 322. The molecule has 0 aliphatic rings. The lowest BCUT2D eigenvalue weighted by Crippen LogP contribution is -2.14. The molecule has 15 heavy (non-hydrogen) atoms. The zero-order valence-corrected chi connectivity index (χ0v) is 9.42. The maximum atomic E-state index is 5.18. The quantitative estimate of drug-likeness (QED) is 0.551. The van der Waals surface area contributed by atoms with Gasteiger partial charge in [0, 0.05) is 13.0 Å². The summed E-state index contributed by atoms with van der Waals surface area (Å²) in [6, 6.07) is 8.59. The summed E-state index contributed by atoms with van der Waals surface area (Å²) >= 11 is 0. The summed E-state index contributed by atoms with van der Waals surface area (Å²) in [6.45, 7) is 4.13. The van der Waals surface area contributed by atoms with Gasteiger partial charge in [0.25, 0.3) is 0 Å². The molecule has 0 unspecified atom stereocenters. The molecule has 0 heterocycles. The summed E-state index contributed by atoms with van der Waals surface area (Å²) in [5.41, 5.74) is 2.67. The summed E-state index contributed by atoms with van der Waals surface area (Å²) in [5.74, 6) is 2.66. The molecule has 0 bridgehead atoms. The van der Waals surface area contributed by atoms with Gasteiger partial charge >= 0.3 is 0 Å². The van der Waals surface area contributed by atoms with E-state index in [2.05, 4.69) is 42.4 Å². The third-order valence-electron chi connectivity index (χ3n) is 2.34. The minimum atomic E-state index is 0.895. The highest BCUT2D eigenvalue weighted by molar-refractivity contribution is 5.21. The van der Waals surface area contributed by atoms with E-state index in [-0.39, 0.29) is 0 Å². The number of aryl methyl sites for hydroxylation is 1. The minimum Gasteiger partial charge on any atom is -0.313 e. The number of hydrogen-bond donors (Lipinski definition) is 1. The first-order valence-corrected chi connectivity index (χ1v) is 5.52. The second-order valence-electron chi connectivity index (χ2n) is 3.83. The van der Waals surface area contributed by atoms with Crippen molar-refractivity contribution in [3.05, 3.63) is 35.4 Å². The molecule has 0 saturated heterocycles. The zero-order valence-electron chi connectivity index (χ0n) is 9.42. The van der Waals surface area contributed by atoms with Crippen LogP contribution >= 0.6 is 0 Å². The average molecular weight is 201 g/mol. The highest BCUT2D eigenvalue weighted by Gasteiger charge is 1.92. The fourth-order valence-corrected chi connectivity index (χ4v) is 1.53. The third-order valence-corrected chi connectivity index (χ3v) is 2.34. The smallest absolute Gasteiger partial charge is 0.0205 e. The first-order valence-electron chi connectivity index (χ1n) is 5.52. The van der Waals surface area contributed by atoms with Gasteiger partial charge in [0.2, 0.25) is 0 Å². The van der Waals surface area contributed by atoms with Crippen molar-refractivity contribution in [2.75, 3.05) is 6.54 Å². The number of terminal acetylenes is 1. The van der Waals surface area contributed by atoms with E-state index in [4.69, 9.17) is 6.42 Å². The topological polar surface area (TPSA) is 12.0 Å². The molecule has 1 aromatic carbocycles. The molecule has 0 amide bonds. The van der Waals surface area contributed by atoms with Crippen molar-refractivity contribution in [1.82, 2.24) is 5.32 Å². The lowest BCUT2D eigenvalue weighted by molar-refractivity contribution is 0.629. The van der Waals surface area contributed by atoms with Crippen LogP contribution in [0.3, 0.4) is 0 Å². The van der Waals surface area contributed by atoms with Crippen molar-refractivity contribution in [1.29, 1.82) is 0 Å². The lowest BCUT2D eigenvalue weighted by Gasteiger charge is -2.04. The van der Waals surface area contributed by atoms with Gasteiger partial charge in [-0.15, -0.1) is 12.3 Å². The van der Waals surface area contributed by atoms with E-state index in [1.165, 1.54) is 11.1 Å². The molecule has 0 radical (unpaired) electrons. The highest BCUT2D eigenvalue weighted by Crippen LogP contribution is 2.03. The van der Waals surface area contributed by atoms with E-state index in [1.54, 1.807) is 0 Å². The molecule has 0 saturated carbocycles. The van der Waals surface area contributed by atoms with Crippen LogP contribution in [0.2, 0.25) is 0 Å². The van der Waals surface area contributed by atoms with Gasteiger partial charge in [-0.2, -0.15) is 0 Å². The van der Waals surface area contributed by atoms with E-state index >= 15 is 0 Å². The van der Waals surface area contributed by atoms with Crippen molar-refractivity contribution in [2.24, 2.45) is 0 Å². The van der Waals surface area contributed by atoms with Crippen LogP contribution in [0.1, 0.15) is 30.4 Å². The molecule has 1 rings (SSSR count). The van der Waals surface area contributed by atoms with Gasteiger partial charge in [-0.25, -0.2) is 0 Å². The number of rotatable bonds is 6. The lowest BCUT2D eigenvalue weighted by atomic mass is 10.1. The van der Waals surface area contributed by atoms with Crippen LogP contribution in [-0.2, 0) is 6.54 Å². The predicted octanol–water partition coefficient (Wildman–Crippen LogP) is 2.89. The number of hydrogen-bond acceptors (Lipinski definition) is 1. The van der Waals surface area contributed by atoms with E-state index in [1.807, 2.05) is 0 Å². The maximum absolute atomic E-state index is 5.18. The van der Waals surface area contributed by atoms with Gasteiger partial charge in [0.05, 0.1) is 0 Å². The molecular formula is C14H19N. The molecule has 1 heteroatoms. The minimum absolute atomic E-state index is 0.895. The van der Waals surface area contributed by atoms with Gasteiger partial charge in [0.15, 0.2) is 0 Å². The van der Waals surface area contributed by atoms with E-state index in [0.717, 1.165) is 32.4 Å². The summed E-state index contributed by atoms with van der Waals surface area (Å²) in [5, 5.41) is 3.42. The van der Waals surface area contributed by atoms with Crippen molar-refractivity contribution in [3.8, 4) is 12.3 Å². The van der Waals surface area contributed by atoms with Crippen molar-refractivity contribution in [3.63, 3.8) is 0 Å². The van der Waals surface area contributed by atoms with Crippen LogP contribution in [0.25, 0.3) is 0 Å². The first-order chi connectivity index (χ1) is 7.33. The van der Waals surface area contributed by atoms with Gasteiger partial charge in [-0.1, -0.05) is 29.8 Å². The normalized spacial score (nSPS) is 9.87. The monoisotopic (exact) mass is 201 g/mol. The summed E-state index contributed by atoms with van der Waals surface area (Å²) < 4.78 is 0. The average Bonchev–Trinajstić information content (AvgIpc) is 2.23. The molecular weight excluding hydrogens is 182 g/mol. The second-order valence-corrected chi connectivity index (χ2v) is 3.83. The van der Waals surface area contributed by atoms with Crippen LogP contribution < -0.4 is 5.32 Å². The highest BCUT2D eigenvalue weighted by atomic mass is 14.8. The molecule has 0 aliphatic heterocycles. The Kier molecular flexibility index (Phi) is 5.58. The van der Waals surface area contributed by atoms with Gasteiger partial charge in [-0.05, 0) is 31.9 Å². The van der Waals surface area contributed by atoms with Gasteiger partial charge in [0.1, 0.15) is 0 Å². The summed E-state index contributed by atoms with van der Waals surface area (Å²) in [6.07, 6.45) is 8.36. The van der Waals surface area contributed by atoms with Crippen LogP contribution in [0, 0.1) is 19.3 Å².